The van der Waals surface area contributed by atoms with Crippen LogP contribution in [0.25, 0.3) is 0 Å². The Morgan fingerprint density at radius 3 is 2.31 bits per heavy atom. The quantitative estimate of drug-likeness (QED) is 0.787. The first-order valence-electron chi connectivity index (χ1n) is 4.21. The predicted molar refractivity (Wildman–Crippen MR) is 59.3 cm³/mol. The summed E-state index contributed by atoms with van der Waals surface area (Å²) in [5.74, 6) is -0.162. The molecule has 0 aromatic carbocycles. The first kappa shape index (κ1) is 13.6. The number of sulfonamides is 1. The van der Waals surface area contributed by atoms with Gasteiger partial charge in [-0.25, -0.2) is 22.0 Å². The smallest absolute Gasteiger partial charge is 0.247 e. The molecule has 0 aliphatic carbocycles. The van der Waals surface area contributed by atoms with E-state index in [-0.39, 0.29) is 19.7 Å². The molecule has 16 heavy (non-hydrogen) atoms. The molecule has 0 radical (unpaired) electrons. The lowest BCUT2D eigenvalue weighted by molar-refractivity contribution is 0.279. The van der Waals surface area contributed by atoms with Crippen LogP contribution in [0.1, 0.15) is 12.5 Å². The van der Waals surface area contributed by atoms with E-state index in [0.717, 1.165) is 6.07 Å². The average molecular weight is 285 g/mol. The van der Waals surface area contributed by atoms with Gasteiger partial charge in [-0.15, -0.1) is 11.3 Å². The molecule has 0 fully saturated rings. The van der Waals surface area contributed by atoms with Crippen molar-refractivity contribution in [3.8, 4) is 0 Å². The van der Waals surface area contributed by atoms with Gasteiger partial charge in [-0.1, -0.05) is 6.92 Å². The number of hydrogen-bond donors (Lipinski definition) is 2. The maximum atomic E-state index is 11.6. The summed E-state index contributed by atoms with van der Waals surface area (Å²) in [4.78, 5) is 0. The number of aliphatic hydroxyl groups excluding tert-OH is 1. The molecule has 0 unspecified atom stereocenters. The topological polar surface area (TPSA) is 115 Å². The van der Waals surface area contributed by atoms with Crippen LogP contribution in [0.4, 0.5) is 0 Å². The Morgan fingerprint density at radius 2 is 1.94 bits per heavy atom. The Labute approximate surface area is 97.7 Å². The van der Waals surface area contributed by atoms with Crippen LogP contribution >= 0.6 is 11.3 Å². The Balaban J connectivity index is 3.49. The third-order valence-electron chi connectivity index (χ3n) is 1.86. The SMILES string of the molecule is CCS(=O)(=O)c1sc(S(N)(=O)=O)cc1CO. The Kier molecular flexibility index (Phi) is 3.75. The average Bonchev–Trinajstić information content (AvgIpc) is 2.61. The van der Waals surface area contributed by atoms with Crippen molar-refractivity contribution in [2.75, 3.05) is 5.75 Å². The summed E-state index contributed by atoms with van der Waals surface area (Å²) in [5, 5.41) is 13.8. The van der Waals surface area contributed by atoms with Crippen LogP contribution in [0.3, 0.4) is 0 Å². The molecule has 0 bridgehead atoms. The van der Waals surface area contributed by atoms with Crippen molar-refractivity contribution in [3.63, 3.8) is 0 Å². The predicted octanol–water partition coefficient (Wildman–Crippen LogP) is -0.319. The standard InChI is InChI=1S/C7H11NO5S3/c1-2-15(10,11)7-5(4-9)3-6(14-7)16(8,12)13/h3,9H,2,4H2,1H3,(H2,8,12,13). The molecule has 9 heteroatoms. The molecule has 6 nitrogen and oxygen atoms in total. The van der Waals surface area contributed by atoms with E-state index in [2.05, 4.69) is 0 Å². The fourth-order valence-electron chi connectivity index (χ4n) is 1.03. The molecular formula is C7H11NO5S3. The lowest BCUT2D eigenvalue weighted by atomic mass is 10.4. The third-order valence-corrected chi connectivity index (χ3v) is 6.85. The van der Waals surface area contributed by atoms with Gasteiger partial charge in [-0.2, -0.15) is 0 Å². The van der Waals surface area contributed by atoms with Crippen LogP contribution in [0.5, 0.6) is 0 Å². The fourth-order valence-corrected chi connectivity index (χ4v) is 4.77. The van der Waals surface area contributed by atoms with Gasteiger partial charge < -0.3 is 5.11 Å². The second-order valence-electron chi connectivity index (χ2n) is 2.98. The molecule has 92 valence electrons. The minimum Gasteiger partial charge on any atom is -0.392 e. The van der Waals surface area contributed by atoms with Gasteiger partial charge in [0.05, 0.1) is 12.4 Å². The van der Waals surface area contributed by atoms with E-state index in [9.17, 15) is 16.8 Å². The van der Waals surface area contributed by atoms with Gasteiger partial charge in [0, 0.05) is 5.56 Å². The lowest BCUT2D eigenvalue weighted by Crippen LogP contribution is -2.10. The van der Waals surface area contributed by atoms with Gasteiger partial charge in [-0.3, -0.25) is 0 Å². The number of nitrogens with two attached hydrogens (primary N) is 1. The Morgan fingerprint density at radius 1 is 1.38 bits per heavy atom. The van der Waals surface area contributed by atoms with Crippen LogP contribution in [0.2, 0.25) is 0 Å². The summed E-state index contributed by atoms with van der Waals surface area (Å²) in [6, 6.07) is 1.09. The number of hydrogen-bond acceptors (Lipinski definition) is 6. The molecule has 1 heterocycles. The monoisotopic (exact) mass is 285 g/mol. The van der Waals surface area contributed by atoms with Crippen molar-refractivity contribution in [2.45, 2.75) is 21.9 Å². The number of thiophene rings is 1. The molecule has 1 aromatic heterocycles. The zero-order valence-electron chi connectivity index (χ0n) is 8.37. The second kappa shape index (κ2) is 4.41. The molecule has 1 rings (SSSR count). The normalized spacial score (nSPS) is 12.9. The van der Waals surface area contributed by atoms with Gasteiger partial charge in [0.25, 0.3) is 0 Å². The highest BCUT2D eigenvalue weighted by atomic mass is 32.3. The van der Waals surface area contributed by atoms with Crippen LogP contribution in [-0.4, -0.2) is 27.7 Å². The fraction of sp³-hybridized carbons (Fsp3) is 0.429. The largest absolute Gasteiger partial charge is 0.392 e. The molecule has 0 atom stereocenters. The molecule has 0 saturated heterocycles. The van der Waals surface area contributed by atoms with Gasteiger partial charge in [-0.05, 0) is 6.07 Å². The zero-order chi connectivity index (χ0) is 12.6. The maximum Gasteiger partial charge on any atom is 0.247 e. The van der Waals surface area contributed by atoms with Crippen LogP contribution in [0, 0.1) is 0 Å². The van der Waals surface area contributed by atoms with Crippen LogP contribution in [-0.2, 0) is 26.5 Å². The molecule has 3 N–H and O–H groups in total. The van der Waals surface area contributed by atoms with Gasteiger partial charge >= 0.3 is 0 Å². The Bertz CT molecular complexity index is 584. The van der Waals surface area contributed by atoms with E-state index < -0.39 is 26.5 Å². The van der Waals surface area contributed by atoms with Crippen LogP contribution in [0.15, 0.2) is 14.5 Å². The summed E-state index contributed by atoms with van der Waals surface area (Å²) in [6.45, 7) is 0.896. The second-order valence-corrected chi connectivity index (χ2v) is 8.30. The van der Waals surface area contributed by atoms with E-state index >= 15 is 0 Å². The molecule has 0 aliphatic rings. The molecule has 0 saturated carbocycles. The minimum atomic E-state index is -3.94. The molecular weight excluding hydrogens is 274 g/mol. The van der Waals surface area contributed by atoms with Crippen molar-refractivity contribution in [2.24, 2.45) is 5.14 Å². The summed E-state index contributed by atoms with van der Waals surface area (Å²) in [7, 11) is -7.48. The van der Waals surface area contributed by atoms with Crippen molar-refractivity contribution in [3.05, 3.63) is 11.6 Å². The van der Waals surface area contributed by atoms with Crippen molar-refractivity contribution >= 4 is 31.2 Å². The lowest BCUT2D eigenvalue weighted by Gasteiger charge is -1.99. The van der Waals surface area contributed by atoms with Gasteiger partial charge in [0.1, 0.15) is 8.42 Å². The highest BCUT2D eigenvalue weighted by Crippen LogP contribution is 2.30. The van der Waals surface area contributed by atoms with E-state index in [1.165, 1.54) is 6.92 Å². The first-order valence-corrected chi connectivity index (χ1v) is 8.23. The van der Waals surface area contributed by atoms with Gasteiger partial charge in [0.2, 0.25) is 10.0 Å². The molecule has 0 aliphatic heterocycles. The number of rotatable bonds is 4. The van der Waals surface area contributed by atoms with Crippen LogP contribution < -0.4 is 5.14 Å². The summed E-state index contributed by atoms with van der Waals surface area (Å²) in [5.41, 5.74) is 0.0656. The van der Waals surface area contributed by atoms with E-state index in [0.29, 0.717) is 11.3 Å². The summed E-state index contributed by atoms with van der Waals surface area (Å²) < 4.78 is 44.9. The molecule has 1 aromatic rings. The maximum absolute atomic E-state index is 11.6. The van der Waals surface area contributed by atoms with E-state index in [4.69, 9.17) is 10.2 Å². The molecule has 0 spiro atoms. The van der Waals surface area contributed by atoms with E-state index in [1.807, 2.05) is 0 Å². The van der Waals surface area contributed by atoms with Crippen molar-refractivity contribution in [1.82, 2.24) is 0 Å². The summed E-state index contributed by atoms with van der Waals surface area (Å²) >= 11 is 0.562. The minimum absolute atomic E-state index is 0.0656. The van der Waals surface area contributed by atoms with Crippen molar-refractivity contribution < 1.29 is 21.9 Å². The number of sulfone groups is 1. The highest BCUT2D eigenvalue weighted by Gasteiger charge is 2.23. The molecule has 0 amide bonds. The highest BCUT2D eigenvalue weighted by molar-refractivity contribution is 7.95. The van der Waals surface area contributed by atoms with E-state index in [1.54, 1.807) is 0 Å². The van der Waals surface area contributed by atoms with Gasteiger partial charge in [0.15, 0.2) is 9.84 Å². The Hall–Kier alpha value is -0.480. The number of primary sulfonamides is 1. The number of aliphatic hydroxyl groups is 1. The third kappa shape index (κ3) is 2.61. The van der Waals surface area contributed by atoms with Crippen molar-refractivity contribution in [1.29, 1.82) is 0 Å². The zero-order valence-corrected chi connectivity index (χ0v) is 10.8. The first-order chi connectivity index (χ1) is 7.22. The summed E-state index contributed by atoms with van der Waals surface area (Å²) in [6.07, 6.45) is 0.